The highest BCUT2D eigenvalue weighted by molar-refractivity contribution is 6.30. The number of carbonyl (C=O) groups excluding carboxylic acids is 2. The van der Waals surface area contributed by atoms with Crippen molar-refractivity contribution in [2.45, 2.75) is 17.9 Å². The first-order valence-electron chi connectivity index (χ1n) is 8.52. The summed E-state index contributed by atoms with van der Waals surface area (Å²) in [6, 6.07) is 5.95. The number of halogens is 4. The van der Waals surface area contributed by atoms with Crippen LogP contribution in [0, 0.1) is 5.92 Å². The van der Waals surface area contributed by atoms with Gasteiger partial charge in [-0.1, -0.05) is 29.8 Å². The number of Topliss-reactive ketones (excluding diaryl/α,β-unsaturated/α-hetero) is 1. The minimum absolute atomic E-state index is 0.00879. The number of ketones is 1. The molecule has 2 amide bonds. The van der Waals surface area contributed by atoms with Gasteiger partial charge in [0, 0.05) is 10.6 Å². The summed E-state index contributed by atoms with van der Waals surface area (Å²) < 4.78 is 45.4. The first-order valence-corrected chi connectivity index (χ1v) is 8.90. The van der Waals surface area contributed by atoms with Gasteiger partial charge in [-0.25, -0.2) is 4.79 Å². The highest BCUT2D eigenvalue weighted by Gasteiger charge is 2.59. The Bertz CT molecular complexity index is 983. The van der Waals surface area contributed by atoms with Crippen LogP contribution in [0.15, 0.2) is 42.5 Å². The van der Waals surface area contributed by atoms with Crippen molar-refractivity contribution in [3.63, 3.8) is 0 Å². The fraction of sp³-hybridized carbons (Fsp3) is 0.263. The van der Waals surface area contributed by atoms with Crippen LogP contribution in [-0.4, -0.2) is 35.3 Å². The Balaban J connectivity index is 2.20. The largest absolute Gasteiger partial charge is 0.504 e. The Labute approximate surface area is 173 Å². The first kappa shape index (κ1) is 21.7. The summed E-state index contributed by atoms with van der Waals surface area (Å²) in [7, 11) is 1.22. The number of phenolic OH excluding ortho intramolecular Hbond substituents is 1. The fourth-order valence-electron chi connectivity index (χ4n) is 3.39. The number of phenols is 1. The number of benzene rings is 2. The van der Waals surface area contributed by atoms with Crippen molar-refractivity contribution in [1.29, 1.82) is 0 Å². The third kappa shape index (κ3) is 3.88. The van der Waals surface area contributed by atoms with Gasteiger partial charge in [0.1, 0.15) is 5.92 Å². The summed E-state index contributed by atoms with van der Waals surface area (Å²) in [6.07, 6.45) is -5.31. The number of ether oxygens (including phenoxy) is 1. The summed E-state index contributed by atoms with van der Waals surface area (Å²) in [6.45, 7) is 0. The lowest BCUT2D eigenvalue weighted by Crippen LogP contribution is -2.66. The molecule has 0 unspecified atom stereocenters. The number of hydrogen-bond donors (Lipinski definition) is 4. The minimum Gasteiger partial charge on any atom is -0.504 e. The van der Waals surface area contributed by atoms with Crippen LogP contribution in [0.3, 0.4) is 0 Å². The lowest BCUT2D eigenvalue weighted by atomic mass is 9.76. The first-order chi connectivity index (χ1) is 14.0. The van der Waals surface area contributed by atoms with E-state index in [1.165, 1.54) is 43.5 Å². The van der Waals surface area contributed by atoms with Crippen molar-refractivity contribution in [3.8, 4) is 11.5 Å². The molecule has 1 fully saturated rings. The van der Waals surface area contributed by atoms with Gasteiger partial charge in [-0.15, -0.1) is 0 Å². The van der Waals surface area contributed by atoms with Gasteiger partial charge in [0.15, 0.2) is 17.2 Å². The van der Waals surface area contributed by atoms with Crippen LogP contribution >= 0.6 is 11.6 Å². The second-order valence-electron chi connectivity index (χ2n) is 6.62. The summed E-state index contributed by atoms with van der Waals surface area (Å²) in [4.78, 5) is 24.7. The van der Waals surface area contributed by atoms with Gasteiger partial charge in [-0.2, -0.15) is 13.2 Å². The smallest absolute Gasteiger partial charge is 0.450 e. The van der Waals surface area contributed by atoms with Gasteiger partial charge in [0.25, 0.3) is 0 Å². The number of amides is 2. The molecule has 2 aromatic rings. The third-order valence-electron chi connectivity index (χ3n) is 4.78. The van der Waals surface area contributed by atoms with Gasteiger partial charge >= 0.3 is 12.2 Å². The molecule has 0 aliphatic carbocycles. The number of carbonyl (C=O) groups is 2. The molecule has 160 valence electrons. The van der Waals surface area contributed by atoms with E-state index in [2.05, 4.69) is 5.32 Å². The van der Waals surface area contributed by atoms with Crippen LogP contribution in [0.2, 0.25) is 5.02 Å². The van der Waals surface area contributed by atoms with Crippen molar-refractivity contribution in [2.75, 3.05) is 7.11 Å². The quantitative estimate of drug-likeness (QED) is 0.580. The zero-order chi connectivity index (χ0) is 22.3. The molecule has 2 aromatic carbocycles. The molecule has 0 aromatic heterocycles. The Morgan fingerprint density at radius 2 is 1.83 bits per heavy atom. The highest BCUT2D eigenvalue weighted by Crippen LogP contribution is 2.44. The molecule has 30 heavy (non-hydrogen) atoms. The molecular weight excluding hydrogens is 429 g/mol. The van der Waals surface area contributed by atoms with E-state index < -0.39 is 35.7 Å². The Morgan fingerprint density at radius 1 is 1.20 bits per heavy atom. The summed E-state index contributed by atoms with van der Waals surface area (Å²) in [5, 5.41) is 25.5. The molecule has 0 saturated carbocycles. The van der Waals surface area contributed by atoms with Gasteiger partial charge < -0.3 is 25.6 Å². The van der Waals surface area contributed by atoms with E-state index in [1.54, 1.807) is 0 Å². The molecule has 0 spiro atoms. The monoisotopic (exact) mass is 444 g/mol. The molecule has 3 atom stereocenters. The normalized spacial score (nSPS) is 24.0. The maximum atomic E-state index is 13.5. The second kappa shape index (κ2) is 7.69. The van der Waals surface area contributed by atoms with Crippen molar-refractivity contribution in [1.82, 2.24) is 10.6 Å². The Morgan fingerprint density at radius 3 is 2.40 bits per heavy atom. The van der Waals surface area contributed by atoms with Crippen LogP contribution in [0.1, 0.15) is 17.2 Å². The molecule has 1 aliphatic rings. The fourth-order valence-corrected chi connectivity index (χ4v) is 3.52. The molecule has 1 aliphatic heterocycles. The molecule has 1 saturated heterocycles. The average molecular weight is 445 g/mol. The molecule has 0 radical (unpaired) electrons. The summed E-state index contributed by atoms with van der Waals surface area (Å²) in [5.41, 5.74) is -2.86. The van der Waals surface area contributed by atoms with Crippen LogP contribution in [0.25, 0.3) is 0 Å². The molecule has 0 bridgehead atoms. The number of methoxy groups -OCH3 is 1. The molecule has 1 heterocycles. The lowest BCUT2D eigenvalue weighted by molar-refractivity contribution is -0.190. The second-order valence-corrected chi connectivity index (χ2v) is 7.06. The number of hydrogen-bond acceptors (Lipinski definition) is 5. The number of aromatic hydroxyl groups is 1. The molecule has 7 nitrogen and oxygen atoms in total. The topological polar surface area (TPSA) is 108 Å². The number of nitrogens with one attached hydrogen (secondary N) is 2. The van der Waals surface area contributed by atoms with Crippen molar-refractivity contribution in [3.05, 3.63) is 58.6 Å². The Kier molecular flexibility index (Phi) is 5.57. The van der Waals surface area contributed by atoms with E-state index in [1.807, 2.05) is 5.32 Å². The molecular formula is C19H16ClF3N2O5. The molecule has 4 N–H and O–H groups in total. The Hall–Kier alpha value is -2.98. The van der Waals surface area contributed by atoms with Crippen molar-refractivity contribution in [2.24, 2.45) is 5.92 Å². The van der Waals surface area contributed by atoms with Crippen LogP contribution in [0.5, 0.6) is 11.5 Å². The standard InChI is InChI=1S/C19H16ClF3N2O5/c1-30-13-8-9(2-7-12(13)26)15-14(16(27)19(21,22)23)18(29,25-17(28)24-15)10-3-5-11(20)6-4-10/h2-8,14-15,26,29H,1H3,(H2,24,25,28)/t14-,15-,18-/m0/s1. The van der Waals surface area contributed by atoms with Crippen LogP contribution in [-0.2, 0) is 10.5 Å². The number of rotatable bonds is 4. The van der Waals surface area contributed by atoms with Gasteiger partial charge in [0.05, 0.1) is 13.2 Å². The van der Waals surface area contributed by atoms with Crippen LogP contribution in [0.4, 0.5) is 18.0 Å². The summed E-state index contributed by atoms with van der Waals surface area (Å²) in [5.74, 6) is -4.85. The van der Waals surface area contributed by atoms with Gasteiger partial charge in [-0.3, -0.25) is 4.79 Å². The maximum Gasteiger partial charge on any atom is 0.450 e. The third-order valence-corrected chi connectivity index (χ3v) is 5.04. The van der Waals surface area contributed by atoms with E-state index >= 15 is 0 Å². The number of alkyl halides is 3. The van der Waals surface area contributed by atoms with Crippen molar-refractivity contribution < 1.29 is 37.7 Å². The zero-order valence-electron chi connectivity index (χ0n) is 15.3. The minimum atomic E-state index is -5.31. The van der Waals surface area contributed by atoms with Gasteiger partial charge in [-0.05, 0) is 29.8 Å². The number of urea groups is 1. The highest BCUT2D eigenvalue weighted by atomic mass is 35.5. The molecule has 3 rings (SSSR count). The van der Waals surface area contributed by atoms with E-state index in [9.17, 15) is 33.0 Å². The number of aliphatic hydroxyl groups is 1. The van der Waals surface area contributed by atoms with Crippen LogP contribution < -0.4 is 15.4 Å². The maximum absolute atomic E-state index is 13.5. The predicted molar refractivity (Wildman–Crippen MR) is 99.0 cm³/mol. The SMILES string of the molecule is COc1cc([C@@H]2NC(=O)N[C@](O)(c3ccc(Cl)cc3)[C@@H]2C(=O)C(F)(F)F)ccc1O. The molecule has 11 heteroatoms. The van der Waals surface area contributed by atoms with Crippen molar-refractivity contribution >= 4 is 23.4 Å². The van der Waals surface area contributed by atoms with Gasteiger partial charge in [0.2, 0.25) is 5.78 Å². The van der Waals surface area contributed by atoms with E-state index in [0.717, 1.165) is 6.07 Å². The van der Waals surface area contributed by atoms with E-state index in [4.69, 9.17) is 16.3 Å². The summed E-state index contributed by atoms with van der Waals surface area (Å²) >= 11 is 5.80. The average Bonchev–Trinajstić information content (AvgIpc) is 2.67. The predicted octanol–water partition coefficient (Wildman–Crippen LogP) is 3.00. The lowest BCUT2D eigenvalue weighted by Gasteiger charge is -2.45. The van der Waals surface area contributed by atoms with E-state index in [0.29, 0.717) is 0 Å². The van der Waals surface area contributed by atoms with E-state index in [-0.39, 0.29) is 27.6 Å². The zero-order valence-corrected chi connectivity index (χ0v) is 16.1.